The van der Waals surface area contributed by atoms with Crippen LogP contribution in [0.5, 0.6) is 0 Å². The number of hydrogen-bond donors (Lipinski definition) is 1. The number of benzene rings is 1. The van der Waals surface area contributed by atoms with Crippen LogP contribution in [0.15, 0.2) is 22.7 Å². The molecule has 1 aromatic carbocycles. The Balaban J connectivity index is 2.06. The number of halogens is 2. The van der Waals surface area contributed by atoms with Crippen molar-refractivity contribution in [3.05, 3.63) is 34.1 Å². The van der Waals surface area contributed by atoms with Gasteiger partial charge in [-0.2, -0.15) is 0 Å². The van der Waals surface area contributed by atoms with Crippen LogP contribution in [0.2, 0.25) is 0 Å². The first kappa shape index (κ1) is 11.1. The van der Waals surface area contributed by atoms with Crippen molar-refractivity contribution in [1.29, 1.82) is 0 Å². The largest absolute Gasteiger partial charge is 0.392 e. The molecule has 0 spiro atoms. The van der Waals surface area contributed by atoms with Crippen molar-refractivity contribution in [2.24, 2.45) is 11.8 Å². The summed E-state index contributed by atoms with van der Waals surface area (Å²) in [5.74, 6) is 0.775. The Bertz CT molecular complexity index is 367. The molecule has 1 nitrogen and oxygen atoms in total. The molecule has 1 N–H and O–H groups in total. The fourth-order valence-corrected chi connectivity index (χ4v) is 2.37. The monoisotopic (exact) mass is 272 g/mol. The van der Waals surface area contributed by atoms with Gasteiger partial charge in [-0.1, -0.05) is 22.9 Å². The molecule has 3 heteroatoms. The molecule has 15 heavy (non-hydrogen) atoms. The standard InChI is InChI=1S/C12H14BrFO/c1-7-4-10(7)12(15)6-8-5-9(14)2-3-11(8)13/h2-3,5,7,10,12,15H,4,6H2,1H3. The normalized spacial score (nSPS) is 26.4. The zero-order valence-electron chi connectivity index (χ0n) is 8.58. The summed E-state index contributed by atoms with van der Waals surface area (Å²) in [6.45, 7) is 2.13. The van der Waals surface area contributed by atoms with E-state index >= 15 is 0 Å². The van der Waals surface area contributed by atoms with Crippen LogP contribution in [0.1, 0.15) is 18.9 Å². The van der Waals surface area contributed by atoms with Crippen LogP contribution < -0.4 is 0 Å². The van der Waals surface area contributed by atoms with Crippen LogP contribution in [0.4, 0.5) is 4.39 Å². The second kappa shape index (κ2) is 4.22. The maximum Gasteiger partial charge on any atom is 0.123 e. The van der Waals surface area contributed by atoms with E-state index in [2.05, 4.69) is 22.9 Å². The molecular formula is C12H14BrFO. The Kier molecular flexibility index (Phi) is 3.12. The van der Waals surface area contributed by atoms with Gasteiger partial charge in [0.1, 0.15) is 5.82 Å². The Morgan fingerprint density at radius 3 is 2.87 bits per heavy atom. The predicted molar refractivity (Wildman–Crippen MR) is 61.1 cm³/mol. The van der Waals surface area contributed by atoms with E-state index in [-0.39, 0.29) is 11.9 Å². The van der Waals surface area contributed by atoms with Crippen LogP contribution in [-0.2, 0) is 6.42 Å². The lowest BCUT2D eigenvalue weighted by atomic mass is 10.0. The van der Waals surface area contributed by atoms with Crippen molar-refractivity contribution < 1.29 is 9.50 Å². The predicted octanol–water partition coefficient (Wildman–Crippen LogP) is 3.15. The summed E-state index contributed by atoms with van der Waals surface area (Å²) in [6.07, 6.45) is 1.29. The van der Waals surface area contributed by atoms with E-state index < -0.39 is 0 Å². The smallest absolute Gasteiger partial charge is 0.123 e. The molecule has 1 saturated carbocycles. The fraction of sp³-hybridized carbons (Fsp3) is 0.500. The zero-order chi connectivity index (χ0) is 11.0. The molecule has 0 radical (unpaired) electrons. The summed E-state index contributed by atoms with van der Waals surface area (Å²) in [6, 6.07) is 4.59. The molecule has 0 amide bonds. The van der Waals surface area contributed by atoms with Gasteiger partial charge in [0.2, 0.25) is 0 Å². The van der Waals surface area contributed by atoms with Gasteiger partial charge in [0.25, 0.3) is 0 Å². The van der Waals surface area contributed by atoms with Gasteiger partial charge in [-0.3, -0.25) is 0 Å². The zero-order valence-corrected chi connectivity index (χ0v) is 10.2. The topological polar surface area (TPSA) is 20.2 Å². The highest BCUT2D eigenvalue weighted by Gasteiger charge is 2.38. The third kappa shape index (κ3) is 2.58. The van der Waals surface area contributed by atoms with Crippen LogP contribution >= 0.6 is 15.9 Å². The van der Waals surface area contributed by atoms with Crippen molar-refractivity contribution in [3.8, 4) is 0 Å². The minimum absolute atomic E-state index is 0.246. The molecule has 0 saturated heterocycles. The number of hydrogen-bond acceptors (Lipinski definition) is 1. The summed E-state index contributed by atoms with van der Waals surface area (Å²) in [7, 11) is 0. The number of rotatable bonds is 3. The quantitative estimate of drug-likeness (QED) is 0.897. The molecular weight excluding hydrogens is 259 g/mol. The molecule has 1 aromatic rings. The molecule has 2 rings (SSSR count). The second-order valence-electron chi connectivity index (χ2n) is 4.38. The van der Waals surface area contributed by atoms with Crippen LogP contribution in [0, 0.1) is 17.7 Å². The molecule has 3 atom stereocenters. The highest BCUT2D eigenvalue weighted by Crippen LogP contribution is 2.41. The van der Waals surface area contributed by atoms with E-state index in [1.807, 2.05) is 0 Å². The molecule has 0 bridgehead atoms. The summed E-state index contributed by atoms with van der Waals surface area (Å²) in [5, 5.41) is 9.88. The Morgan fingerprint density at radius 2 is 2.27 bits per heavy atom. The highest BCUT2D eigenvalue weighted by molar-refractivity contribution is 9.10. The first-order chi connectivity index (χ1) is 7.08. The van der Waals surface area contributed by atoms with Crippen molar-refractivity contribution in [3.63, 3.8) is 0 Å². The van der Waals surface area contributed by atoms with Crippen LogP contribution in [-0.4, -0.2) is 11.2 Å². The first-order valence-electron chi connectivity index (χ1n) is 5.20. The van der Waals surface area contributed by atoms with E-state index in [1.165, 1.54) is 12.1 Å². The lowest BCUT2D eigenvalue weighted by Gasteiger charge is -2.11. The van der Waals surface area contributed by atoms with Gasteiger partial charge in [-0.25, -0.2) is 4.39 Å². The molecule has 3 unspecified atom stereocenters. The summed E-state index contributed by atoms with van der Waals surface area (Å²) < 4.78 is 13.9. The third-order valence-corrected chi connectivity index (χ3v) is 3.88. The second-order valence-corrected chi connectivity index (χ2v) is 5.24. The van der Waals surface area contributed by atoms with Gasteiger partial charge in [0, 0.05) is 4.47 Å². The Labute approximate surface area is 97.4 Å². The molecule has 1 aliphatic carbocycles. The average molecular weight is 273 g/mol. The average Bonchev–Trinajstić information content (AvgIpc) is 2.89. The molecule has 82 valence electrons. The summed E-state index contributed by atoms with van der Waals surface area (Å²) >= 11 is 3.37. The van der Waals surface area contributed by atoms with Gasteiger partial charge in [-0.15, -0.1) is 0 Å². The van der Waals surface area contributed by atoms with E-state index in [1.54, 1.807) is 6.07 Å². The molecule has 0 aromatic heterocycles. The van der Waals surface area contributed by atoms with Gasteiger partial charge in [-0.05, 0) is 48.4 Å². The summed E-state index contributed by atoms with van der Waals surface area (Å²) in [4.78, 5) is 0. The maximum absolute atomic E-state index is 13.0. The number of aliphatic hydroxyl groups excluding tert-OH is 1. The molecule has 0 aliphatic heterocycles. The van der Waals surface area contributed by atoms with Crippen LogP contribution in [0.3, 0.4) is 0 Å². The van der Waals surface area contributed by atoms with Crippen molar-refractivity contribution in [2.45, 2.75) is 25.9 Å². The van der Waals surface area contributed by atoms with E-state index in [0.29, 0.717) is 18.3 Å². The maximum atomic E-state index is 13.0. The minimum Gasteiger partial charge on any atom is -0.392 e. The van der Waals surface area contributed by atoms with Crippen LogP contribution in [0.25, 0.3) is 0 Å². The fourth-order valence-electron chi connectivity index (χ4n) is 1.96. The molecule has 1 aliphatic rings. The Morgan fingerprint density at radius 1 is 1.60 bits per heavy atom. The Hall–Kier alpha value is -0.410. The number of aliphatic hydroxyl groups is 1. The van der Waals surface area contributed by atoms with Crippen molar-refractivity contribution >= 4 is 15.9 Å². The van der Waals surface area contributed by atoms with E-state index in [0.717, 1.165) is 16.5 Å². The summed E-state index contributed by atoms with van der Waals surface area (Å²) in [5.41, 5.74) is 0.849. The van der Waals surface area contributed by atoms with Gasteiger partial charge >= 0.3 is 0 Å². The SMILES string of the molecule is CC1CC1C(O)Cc1cc(F)ccc1Br. The van der Waals surface area contributed by atoms with E-state index in [4.69, 9.17) is 0 Å². The van der Waals surface area contributed by atoms with E-state index in [9.17, 15) is 9.50 Å². The molecule has 1 fully saturated rings. The first-order valence-corrected chi connectivity index (χ1v) is 5.99. The van der Waals surface area contributed by atoms with Gasteiger partial charge in [0.15, 0.2) is 0 Å². The van der Waals surface area contributed by atoms with Crippen molar-refractivity contribution in [1.82, 2.24) is 0 Å². The molecule has 0 heterocycles. The van der Waals surface area contributed by atoms with Gasteiger partial charge in [0.05, 0.1) is 6.10 Å². The minimum atomic E-state index is -0.335. The van der Waals surface area contributed by atoms with Crippen molar-refractivity contribution in [2.75, 3.05) is 0 Å². The third-order valence-electron chi connectivity index (χ3n) is 3.10. The van der Waals surface area contributed by atoms with Gasteiger partial charge < -0.3 is 5.11 Å². The lowest BCUT2D eigenvalue weighted by molar-refractivity contribution is 0.146. The highest BCUT2D eigenvalue weighted by atomic mass is 79.9. The lowest BCUT2D eigenvalue weighted by Crippen LogP contribution is -2.14.